The Hall–Kier alpha value is -2.86. The first-order chi connectivity index (χ1) is 12.8. The molecule has 0 aromatic heterocycles. The van der Waals surface area contributed by atoms with Crippen molar-refractivity contribution in [2.75, 3.05) is 36.5 Å². The van der Waals surface area contributed by atoms with Gasteiger partial charge in [0.1, 0.15) is 0 Å². The Labute approximate surface area is 152 Å². The normalized spacial score (nSPS) is 19.6. The monoisotopic (exact) mass is 351 g/mol. The highest BCUT2D eigenvalue weighted by Gasteiger charge is 2.28. The molecule has 2 aromatic carbocycles. The largest absolute Gasteiger partial charge is 0.382 e. The number of benzene rings is 2. The van der Waals surface area contributed by atoms with Crippen molar-refractivity contribution in [1.29, 1.82) is 0 Å². The average molecular weight is 351 g/mol. The lowest BCUT2D eigenvalue weighted by Crippen LogP contribution is -2.36. The van der Waals surface area contributed by atoms with E-state index in [1.807, 2.05) is 54.6 Å². The minimum atomic E-state index is -0.593. The molecule has 1 saturated heterocycles. The summed E-state index contributed by atoms with van der Waals surface area (Å²) < 4.78 is 5.37. The molecule has 0 radical (unpaired) electrons. The van der Waals surface area contributed by atoms with E-state index in [-0.39, 0.29) is 5.91 Å². The Morgan fingerprint density at radius 1 is 1.04 bits per heavy atom. The second-order valence-electron chi connectivity index (χ2n) is 6.34. The SMILES string of the molecule is O=C(Nc1ccc(N2CCOCC2)cc1)C1CC(c2ccccc2)=NO1. The Bertz CT molecular complexity index is 784. The summed E-state index contributed by atoms with van der Waals surface area (Å²) in [5.74, 6) is -0.182. The van der Waals surface area contributed by atoms with E-state index in [1.165, 1.54) is 0 Å². The molecule has 6 nitrogen and oxygen atoms in total. The van der Waals surface area contributed by atoms with Crippen LogP contribution in [0.25, 0.3) is 0 Å². The molecule has 0 spiro atoms. The Balaban J connectivity index is 1.34. The fraction of sp³-hybridized carbons (Fsp3) is 0.300. The molecule has 6 heteroatoms. The molecule has 134 valence electrons. The van der Waals surface area contributed by atoms with E-state index in [1.54, 1.807) is 0 Å². The van der Waals surface area contributed by atoms with Crippen molar-refractivity contribution in [2.45, 2.75) is 12.5 Å². The molecule has 1 N–H and O–H groups in total. The number of nitrogens with one attached hydrogen (secondary N) is 1. The van der Waals surface area contributed by atoms with Gasteiger partial charge in [-0.2, -0.15) is 0 Å². The second-order valence-corrected chi connectivity index (χ2v) is 6.34. The summed E-state index contributed by atoms with van der Waals surface area (Å²) >= 11 is 0. The first-order valence-electron chi connectivity index (χ1n) is 8.81. The molecule has 0 bridgehead atoms. The predicted octanol–water partition coefficient (Wildman–Crippen LogP) is 2.65. The number of hydrogen-bond acceptors (Lipinski definition) is 5. The fourth-order valence-electron chi connectivity index (χ4n) is 3.12. The highest BCUT2D eigenvalue weighted by Crippen LogP contribution is 2.21. The molecule has 1 fully saturated rings. The summed E-state index contributed by atoms with van der Waals surface area (Å²) in [6, 6.07) is 17.6. The van der Waals surface area contributed by atoms with Crippen molar-refractivity contribution in [3.05, 3.63) is 60.2 Å². The molecule has 4 rings (SSSR count). The lowest BCUT2D eigenvalue weighted by atomic mass is 10.0. The average Bonchev–Trinajstić information content (AvgIpc) is 3.20. The molecule has 2 heterocycles. The third-order valence-electron chi connectivity index (χ3n) is 4.58. The zero-order valence-corrected chi connectivity index (χ0v) is 14.4. The van der Waals surface area contributed by atoms with Gasteiger partial charge in [-0.05, 0) is 29.8 Å². The van der Waals surface area contributed by atoms with E-state index in [2.05, 4.69) is 15.4 Å². The molecule has 2 aromatic rings. The van der Waals surface area contributed by atoms with Crippen LogP contribution in [-0.2, 0) is 14.4 Å². The maximum Gasteiger partial charge on any atom is 0.268 e. The summed E-state index contributed by atoms with van der Waals surface area (Å²) in [5, 5.41) is 6.97. The lowest BCUT2D eigenvalue weighted by molar-refractivity contribution is -0.125. The molecule has 2 aliphatic rings. The number of amides is 1. The first kappa shape index (κ1) is 16.6. The zero-order valence-electron chi connectivity index (χ0n) is 14.4. The standard InChI is InChI=1S/C20H21N3O3/c24-20(19-14-18(22-26-19)15-4-2-1-3-5-15)21-16-6-8-17(9-7-16)23-10-12-25-13-11-23/h1-9,19H,10-14H2,(H,21,24). The van der Waals surface area contributed by atoms with Crippen molar-refractivity contribution < 1.29 is 14.4 Å². The maximum atomic E-state index is 12.4. The number of carbonyl (C=O) groups is 1. The molecular weight excluding hydrogens is 330 g/mol. The minimum absolute atomic E-state index is 0.182. The van der Waals surface area contributed by atoms with Gasteiger partial charge < -0.3 is 19.8 Å². The molecule has 26 heavy (non-hydrogen) atoms. The fourth-order valence-corrected chi connectivity index (χ4v) is 3.12. The number of oxime groups is 1. The number of anilines is 2. The van der Waals surface area contributed by atoms with Crippen molar-refractivity contribution >= 4 is 23.0 Å². The van der Waals surface area contributed by atoms with Gasteiger partial charge in [0.15, 0.2) is 0 Å². The zero-order chi connectivity index (χ0) is 17.8. The van der Waals surface area contributed by atoms with E-state index >= 15 is 0 Å². The molecular formula is C20H21N3O3. The predicted molar refractivity (Wildman–Crippen MR) is 101 cm³/mol. The number of nitrogens with zero attached hydrogens (tertiary/aromatic N) is 2. The third-order valence-corrected chi connectivity index (χ3v) is 4.58. The van der Waals surface area contributed by atoms with Crippen molar-refractivity contribution in [3.63, 3.8) is 0 Å². The Morgan fingerprint density at radius 2 is 1.77 bits per heavy atom. The van der Waals surface area contributed by atoms with Gasteiger partial charge in [-0.3, -0.25) is 4.79 Å². The van der Waals surface area contributed by atoms with Crippen LogP contribution in [0, 0.1) is 0 Å². The Kier molecular flexibility index (Phi) is 4.84. The first-order valence-corrected chi connectivity index (χ1v) is 8.81. The Morgan fingerprint density at radius 3 is 2.50 bits per heavy atom. The number of rotatable bonds is 4. The van der Waals surface area contributed by atoms with E-state index in [4.69, 9.17) is 9.57 Å². The molecule has 1 atom stereocenters. The van der Waals surface area contributed by atoms with Gasteiger partial charge in [0.25, 0.3) is 5.91 Å². The second kappa shape index (κ2) is 7.58. The number of carbonyl (C=O) groups excluding carboxylic acids is 1. The van der Waals surface area contributed by atoms with E-state index < -0.39 is 6.10 Å². The maximum absolute atomic E-state index is 12.4. The quantitative estimate of drug-likeness (QED) is 0.920. The van der Waals surface area contributed by atoms with Crippen LogP contribution in [0.15, 0.2) is 59.8 Å². The van der Waals surface area contributed by atoms with E-state index in [0.29, 0.717) is 6.42 Å². The van der Waals surface area contributed by atoms with Gasteiger partial charge >= 0.3 is 0 Å². The van der Waals surface area contributed by atoms with Crippen LogP contribution in [0.2, 0.25) is 0 Å². The summed E-state index contributed by atoms with van der Waals surface area (Å²) in [6.07, 6.45) is -0.119. The summed E-state index contributed by atoms with van der Waals surface area (Å²) in [6.45, 7) is 3.28. The van der Waals surface area contributed by atoms with Crippen LogP contribution in [0.1, 0.15) is 12.0 Å². The third kappa shape index (κ3) is 3.70. The van der Waals surface area contributed by atoms with Crippen LogP contribution in [-0.4, -0.2) is 44.0 Å². The highest BCUT2D eigenvalue weighted by atomic mass is 16.6. The number of hydrogen-bond donors (Lipinski definition) is 1. The minimum Gasteiger partial charge on any atom is -0.382 e. The molecule has 0 saturated carbocycles. The van der Waals surface area contributed by atoms with Crippen molar-refractivity contribution in [2.24, 2.45) is 5.16 Å². The van der Waals surface area contributed by atoms with Gasteiger partial charge in [0, 0.05) is 30.9 Å². The number of morpholine rings is 1. The van der Waals surface area contributed by atoms with E-state index in [0.717, 1.165) is 49.0 Å². The van der Waals surface area contributed by atoms with Crippen LogP contribution in [0.5, 0.6) is 0 Å². The number of ether oxygens (including phenoxy) is 1. The molecule has 1 unspecified atom stereocenters. The topological polar surface area (TPSA) is 63.2 Å². The lowest BCUT2D eigenvalue weighted by Gasteiger charge is -2.28. The summed E-state index contributed by atoms with van der Waals surface area (Å²) in [7, 11) is 0. The van der Waals surface area contributed by atoms with Crippen LogP contribution >= 0.6 is 0 Å². The molecule has 0 aliphatic carbocycles. The molecule has 1 amide bonds. The van der Waals surface area contributed by atoms with Gasteiger partial charge in [-0.1, -0.05) is 35.5 Å². The van der Waals surface area contributed by atoms with Gasteiger partial charge in [-0.15, -0.1) is 0 Å². The van der Waals surface area contributed by atoms with Gasteiger partial charge in [0.2, 0.25) is 6.10 Å². The molecule has 2 aliphatic heterocycles. The van der Waals surface area contributed by atoms with Crippen molar-refractivity contribution in [1.82, 2.24) is 0 Å². The van der Waals surface area contributed by atoms with E-state index in [9.17, 15) is 4.79 Å². The van der Waals surface area contributed by atoms with Gasteiger partial charge in [0.05, 0.1) is 18.9 Å². The smallest absolute Gasteiger partial charge is 0.268 e. The van der Waals surface area contributed by atoms with Crippen LogP contribution in [0.3, 0.4) is 0 Å². The highest BCUT2D eigenvalue weighted by molar-refractivity contribution is 6.06. The van der Waals surface area contributed by atoms with Crippen LogP contribution in [0.4, 0.5) is 11.4 Å². The van der Waals surface area contributed by atoms with Crippen LogP contribution < -0.4 is 10.2 Å². The summed E-state index contributed by atoms with van der Waals surface area (Å²) in [5.41, 5.74) is 3.67. The summed E-state index contributed by atoms with van der Waals surface area (Å²) in [4.78, 5) is 20.0. The van der Waals surface area contributed by atoms with Gasteiger partial charge in [-0.25, -0.2) is 0 Å². The van der Waals surface area contributed by atoms with Crippen molar-refractivity contribution in [3.8, 4) is 0 Å².